The Morgan fingerprint density at radius 1 is 1.16 bits per heavy atom. The number of alkyl halides is 3. The van der Waals surface area contributed by atoms with Crippen molar-refractivity contribution < 1.29 is 32.3 Å². The van der Waals surface area contributed by atoms with Gasteiger partial charge in [-0.1, -0.05) is 48.6 Å². The van der Waals surface area contributed by atoms with Crippen LogP contribution in [0.3, 0.4) is 0 Å². The lowest BCUT2D eigenvalue weighted by molar-refractivity contribution is -0.138. The Morgan fingerprint density at radius 3 is 2.26 bits per heavy atom. The Balaban J connectivity index is 0.000000488. The van der Waals surface area contributed by atoms with Crippen molar-refractivity contribution in [2.75, 3.05) is 19.0 Å². The fraction of sp³-hybridized carbons (Fsp3) is 0.227. The van der Waals surface area contributed by atoms with E-state index in [0.29, 0.717) is 12.5 Å². The number of hydrogen-bond donors (Lipinski definition) is 3. The van der Waals surface area contributed by atoms with Gasteiger partial charge >= 0.3 is 6.18 Å². The summed E-state index contributed by atoms with van der Waals surface area (Å²) in [4.78, 5) is 11.5. The molecule has 0 aliphatic heterocycles. The van der Waals surface area contributed by atoms with Crippen LogP contribution in [0.15, 0.2) is 72.6 Å². The van der Waals surface area contributed by atoms with Crippen molar-refractivity contribution in [2.45, 2.75) is 12.6 Å². The minimum absolute atomic E-state index is 0.00449. The molecule has 1 atom stereocenters. The van der Waals surface area contributed by atoms with Crippen LogP contribution in [0.5, 0.6) is 5.75 Å². The van der Waals surface area contributed by atoms with Gasteiger partial charge in [-0.15, -0.1) is 0 Å². The van der Waals surface area contributed by atoms with Crippen LogP contribution in [0.1, 0.15) is 22.3 Å². The van der Waals surface area contributed by atoms with Crippen LogP contribution >= 0.6 is 0 Å². The first-order valence-corrected chi connectivity index (χ1v) is 9.27. The predicted octanol–water partition coefficient (Wildman–Crippen LogP) is 5.36. The molecule has 5 nitrogen and oxygen atoms in total. The maximum Gasteiger partial charge on any atom is 0.420 e. The summed E-state index contributed by atoms with van der Waals surface area (Å²) in [7, 11) is 1.06. The highest BCUT2D eigenvalue weighted by atomic mass is 19.4. The van der Waals surface area contributed by atoms with Crippen LogP contribution in [-0.2, 0) is 6.18 Å². The third-order valence-corrected chi connectivity index (χ3v) is 4.37. The summed E-state index contributed by atoms with van der Waals surface area (Å²) in [6.07, 6.45) is 0.181. The van der Waals surface area contributed by atoms with Gasteiger partial charge in [0.25, 0.3) is 5.91 Å². The number of benzene rings is 2. The average Bonchev–Trinajstić information content (AvgIpc) is 2.78. The van der Waals surface area contributed by atoms with Gasteiger partial charge in [-0.2, -0.15) is 13.2 Å². The van der Waals surface area contributed by atoms with Gasteiger partial charge in [0.1, 0.15) is 11.4 Å². The zero-order chi connectivity index (χ0) is 22.9. The number of carbonyl (C=O) groups is 1. The summed E-state index contributed by atoms with van der Waals surface area (Å²) in [5.74, 6) is -2.56. The Hall–Kier alpha value is -3.33. The van der Waals surface area contributed by atoms with Gasteiger partial charge < -0.3 is 10.1 Å². The normalized spacial score (nSPS) is 15.3. The maximum atomic E-state index is 13.7. The first kappa shape index (κ1) is 23.9. The van der Waals surface area contributed by atoms with E-state index in [1.54, 1.807) is 12.2 Å². The SMILES string of the molecule is COc1c(NCC2CC=CC=C2F)cc(C(=O)NO)cc1C(F)(F)F.c1ccccc1. The molecule has 0 spiro atoms. The second kappa shape index (κ2) is 11.2. The number of nitrogens with one attached hydrogen (secondary N) is 2. The maximum absolute atomic E-state index is 13.7. The molecular formula is C22H22F4N2O3. The number of hydrogen-bond acceptors (Lipinski definition) is 4. The van der Waals surface area contributed by atoms with E-state index >= 15 is 0 Å². The molecule has 31 heavy (non-hydrogen) atoms. The van der Waals surface area contributed by atoms with Crippen molar-refractivity contribution in [3.05, 3.63) is 83.7 Å². The van der Waals surface area contributed by atoms with E-state index < -0.39 is 40.7 Å². The molecule has 2 aromatic carbocycles. The fourth-order valence-electron chi connectivity index (χ4n) is 2.84. The van der Waals surface area contributed by atoms with Crippen LogP contribution in [0.2, 0.25) is 0 Å². The van der Waals surface area contributed by atoms with Crippen molar-refractivity contribution in [3.63, 3.8) is 0 Å². The number of methoxy groups -OCH3 is 1. The molecule has 166 valence electrons. The second-order valence-corrected chi connectivity index (χ2v) is 6.49. The average molecular weight is 438 g/mol. The quantitative estimate of drug-likeness (QED) is 0.334. The van der Waals surface area contributed by atoms with Gasteiger partial charge in [0.15, 0.2) is 5.75 Å². The Bertz CT molecular complexity index is 902. The fourth-order valence-corrected chi connectivity index (χ4v) is 2.84. The molecule has 1 aliphatic carbocycles. The molecule has 0 saturated heterocycles. The monoisotopic (exact) mass is 438 g/mol. The summed E-state index contributed by atoms with van der Waals surface area (Å²) in [5.41, 5.74) is -0.444. The van der Waals surface area contributed by atoms with Crippen LogP contribution < -0.4 is 15.5 Å². The third kappa shape index (κ3) is 6.85. The molecule has 3 rings (SSSR count). The lowest BCUT2D eigenvalue weighted by Gasteiger charge is -2.21. The molecular weight excluding hydrogens is 416 g/mol. The molecule has 3 N–H and O–H groups in total. The molecule has 1 unspecified atom stereocenters. The number of amides is 1. The molecule has 0 aromatic heterocycles. The molecule has 0 heterocycles. The first-order chi connectivity index (χ1) is 14.8. The van der Waals surface area contributed by atoms with Crippen LogP contribution in [0, 0.1) is 5.92 Å². The van der Waals surface area contributed by atoms with Crippen molar-refractivity contribution in [2.24, 2.45) is 5.92 Å². The van der Waals surface area contributed by atoms with Crippen LogP contribution in [0.25, 0.3) is 0 Å². The van der Waals surface area contributed by atoms with E-state index in [-0.39, 0.29) is 12.2 Å². The third-order valence-electron chi connectivity index (χ3n) is 4.37. The summed E-state index contributed by atoms with van der Waals surface area (Å²) >= 11 is 0. The topological polar surface area (TPSA) is 70.6 Å². The van der Waals surface area contributed by atoms with E-state index in [0.717, 1.165) is 13.2 Å². The van der Waals surface area contributed by atoms with E-state index in [1.807, 2.05) is 36.4 Å². The van der Waals surface area contributed by atoms with Crippen molar-refractivity contribution in [1.29, 1.82) is 0 Å². The minimum Gasteiger partial charge on any atom is -0.494 e. The van der Waals surface area contributed by atoms with Gasteiger partial charge in [-0.05, 0) is 24.6 Å². The molecule has 2 aromatic rings. The summed E-state index contributed by atoms with van der Waals surface area (Å²) in [6.45, 7) is 0.00449. The zero-order valence-electron chi connectivity index (χ0n) is 16.6. The van der Waals surface area contributed by atoms with E-state index in [4.69, 9.17) is 9.94 Å². The Labute approximate surface area is 177 Å². The summed E-state index contributed by atoms with van der Waals surface area (Å²) in [6, 6.07) is 13.7. The molecule has 1 amide bonds. The highest BCUT2D eigenvalue weighted by molar-refractivity contribution is 5.95. The van der Waals surface area contributed by atoms with Crippen LogP contribution in [0.4, 0.5) is 23.2 Å². The van der Waals surface area contributed by atoms with Gasteiger partial charge in [0.05, 0.1) is 12.8 Å². The smallest absolute Gasteiger partial charge is 0.420 e. The number of allylic oxidation sites excluding steroid dienone is 3. The second-order valence-electron chi connectivity index (χ2n) is 6.49. The van der Waals surface area contributed by atoms with Crippen molar-refractivity contribution >= 4 is 11.6 Å². The predicted molar refractivity (Wildman–Crippen MR) is 109 cm³/mol. The molecule has 1 aliphatic rings. The number of halogens is 4. The number of carbonyl (C=O) groups excluding carboxylic acids is 1. The number of rotatable bonds is 5. The van der Waals surface area contributed by atoms with E-state index in [1.165, 1.54) is 11.6 Å². The number of hydroxylamine groups is 1. The molecule has 0 fully saturated rings. The van der Waals surface area contributed by atoms with Gasteiger partial charge in [-0.3, -0.25) is 10.0 Å². The highest BCUT2D eigenvalue weighted by Gasteiger charge is 2.36. The summed E-state index contributed by atoms with van der Waals surface area (Å²) in [5, 5.41) is 11.4. The minimum atomic E-state index is -4.79. The molecule has 0 radical (unpaired) electrons. The van der Waals surface area contributed by atoms with Gasteiger partial charge in [0.2, 0.25) is 0 Å². The van der Waals surface area contributed by atoms with E-state index in [2.05, 4.69) is 5.32 Å². The molecule has 0 bridgehead atoms. The van der Waals surface area contributed by atoms with Gasteiger partial charge in [-0.25, -0.2) is 9.87 Å². The lowest BCUT2D eigenvalue weighted by atomic mass is 9.99. The zero-order valence-corrected chi connectivity index (χ0v) is 16.6. The first-order valence-electron chi connectivity index (χ1n) is 9.27. The largest absolute Gasteiger partial charge is 0.494 e. The van der Waals surface area contributed by atoms with Gasteiger partial charge in [0, 0.05) is 18.0 Å². The summed E-state index contributed by atoms with van der Waals surface area (Å²) < 4.78 is 58.3. The lowest BCUT2D eigenvalue weighted by Crippen LogP contribution is -2.22. The highest BCUT2D eigenvalue weighted by Crippen LogP contribution is 2.41. The Kier molecular flexibility index (Phi) is 8.63. The Morgan fingerprint density at radius 2 is 1.77 bits per heavy atom. The number of anilines is 1. The van der Waals surface area contributed by atoms with Crippen LogP contribution in [-0.4, -0.2) is 24.8 Å². The number of ether oxygens (including phenoxy) is 1. The van der Waals surface area contributed by atoms with Crippen molar-refractivity contribution in [1.82, 2.24) is 5.48 Å². The molecule has 0 saturated carbocycles. The van der Waals surface area contributed by atoms with E-state index in [9.17, 15) is 22.4 Å². The van der Waals surface area contributed by atoms with Crippen molar-refractivity contribution in [3.8, 4) is 5.75 Å². The molecule has 9 heteroatoms. The standard InChI is InChI=1S/C16H16F4N2O3.C6H6/c1-25-14-11(16(18,19)20)6-10(15(23)22-24)7-13(14)21-8-9-4-2-3-5-12(9)17;1-2-4-6-5-3-1/h2-3,5-7,9,21,24H,4,8H2,1H3,(H,22,23);1-6H.